The van der Waals surface area contributed by atoms with Gasteiger partial charge in [0, 0.05) is 35.9 Å². The molecule has 3 aromatic rings. The van der Waals surface area contributed by atoms with Gasteiger partial charge in [0.2, 0.25) is 0 Å². The van der Waals surface area contributed by atoms with Crippen molar-refractivity contribution >= 4 is 27.7 Å². The summed E-state index contributed by atoms with van der Waals surface area (Å²) in [6.45, 7) is 2.10. The van der Waals surface area contributed by atoms with Gasteiger partial charge in [0.25, 0.3) is 0 Å². The third-order valence-electron chi connectivity index (χ3n) is 4.49. The van der Waals surface area contributed by atoms with Gasteiger partial charge >= 0.3 is 0 Å². The molecule has 2 unspecified atom stereocenters. The SMILES string of the molecule is CC(c1ccc2c(c1)SC(=O)C2)c1ccn(-c2ccc(S(C)=O)cn2)n1. The molecule has 0 saturated heterocycles. The van der Waals surface area contributed by atoms with E-state index in [4.69, 9.17) is 0 Å². The van der Waals surface area contributed by atoms with Crippen LogP contribution in [0.3, 0.4) is 0 Å². The van der Waals surface area contributed by atoms with Gasteiger partial charge in [-0.15, -0.1) is 0 Å². The lowest BCUT2D eigenvalue weighted by molar-refractivity contribution is -0.110. The van der Waals surface area contributed by atoms with Crippen molar-refractivity contribution in [3.63, 3.8) is 0 Å². The van der Waals surface area contributed by atoms with Crippen LogP contribution in [0.25, 0.3) is 5.82 Å². The zero-order valence-electron chi connectivity index (χ0n) is 14.4. The van der Waals surface area contributed by atoms with Crippen molar-refractivity contribution in [2.75, 3.05) is 6.26 Å². The van der Waals surface area contributed by atoms with Crippen LogP contribution in [-0.2, 0) is 22.0 Å². The lowest BCUT2D eigenvalue weighted by Crippen LogP contribution is -2.02. The second-order valence-electron chi connectivity index (χ2n) is 6.23. The van der Waals surface area contributed by atoms with E-state index in [9.17, 15) is 9.00 Å². The highest BCUT2D eigenvalue weighted by Gasteiger charge is 2.21. The van der Waals surface area contributed by atoms with Gasteiger partial charge in [-0.1, -0.05) is 30.8 Å². The van der Waals surface area contributed by atoms with Gasteiger partial charge in [0.15, 0.2) is 10.9 Å². The monoisotopic (exact) mass is 383 g/mol. The zero-order chi connectivity index (χ0) is 18.3. The highest BCUT2D eigenvalue weighted by molar-refractivity contribution is 8.14. The van der Waals surface area contributed by atoms with Gasteiger partial charge in [0.1, 0.15) is 0 Å². The summed E-state index contributed by atoms with van der Waals surface area (Å²) >= 11 is 1.32. The number of rotatable bonds is 4. The van der Waals surface area contributed by atoms with E-state index >= 15 is 0 Å². The van der Waals surface area contributed by atoms with Gasteiger partial charge in [-0.25, -0.2) is 9.67 Å². The molecule has 0 saturated carbocycles. The number of thioether (sulfide) groups is 1. The van der Waals surface area contributed by atoms with Crippen LogP contribution < -0.4 is 0 Å². The molecule has 2 aromatic heterocycles. The number of benzene rings is 1. The number of hydrogen-bond donors (Lipinski definition) is 0. The molecule has 0 bridgehead atoms. The first kappa shape index (κ1) is 17.2. The van der Waals surface area contributed by atoms with Crippen LogP contribution >= 0.6 is 11.8 Å². The third kappa shape index (κ3) is 3.24. The molecule has 0 N–H and O–H groups in total. The lowest BCUT2D eigenvalue weighted by atomic mass is 9.96. The van der Waals surface area contributed by atoms with Crippen molar-refractivity contribution in [1.29, 1.82) is 0 Å². The van der Waals surface area contributed by atoms with Gasteiger partial charge < -0.3 is 0 Å². The Morgan fingerprint density at radius 2 is 2.08 bits per heavy atom. The van der Waals surface area contributed by atoms with Crippen LogP contribution in [0.4, 0.5) is 0 Å². The van der Waals surface area contributed by atoms with E-state index in [-0.39, 0.29) is 11.0 Å². The summed E-state index contributed by atoms with van der Waals surface area (Å²) in [6.07, 6.45) is 5.65. The number of carbonyl (C=O) groups excluding carboxylic acids is 1. The number of pyridine rings is 1. The summed E-state index contributed by atoms with van der Waals surface area (Å²) in [4.78, 5) is 17.7. The van der Waals surface area contributed by atoms with Gasteiger partial charge in [-0.05, 0) is 35.4 Å². The van der Waals surface area contributed by atoms with E-state index in [1.54, 1.807) is 23.2 Å². The smallest absolute Gasteiger partial charge is 0.198 e. The second kappa shape index (κ2) is 6.81. The van der Waals surface area contributed by atoms with E-state index in [0.29, 0.717) is 17.1 Å². The summed E-state index contributed by atoms with van der Waals surface area (Å²) in [7, 11) is -1.04. The first-order chi connectivity index (χ1) is 12.5. The van der Waals surface area contributed by atoms with Gasteiger partial charge in [0.05, 0.1) is 21.4 Å². The molecule has 1 aromatic carbocycles. The Balaban J connectivity index is 1.58. The van der Waals surface area contributed by atoms with Crippen molar-refractivity contribution < 1.29 is 9.00 Å². The maximum atomic E-state index is 11.6. The summed E-state index contributed by atoms with van der Waals surface area (Å²) in [5.74, 6) is 0.799. The molecular formula is C19H17N3O2S2. The molecule has 132 valence electrons. The summed E-state index contributed by atoms with van der Waals surface area (Å²) < 4.78 is 13.2. The fourth-order valence-electron chi connectivity index (χ4n) is 2.94. The lowest BCUT2D eigenvalue weighted by Gasteiger charge is -2.10. The molecule has 0 aliphatic carbocycles. The minimum Gasteiger partial charge on any atom is -0.286 e. The Bertz CT molecular complexity index is 1010. The fourth-order valence-corrected chi connectivity index (χ4v) is 4.34. The topological polar surface area (TPSA) is 64.8 Å². The molecule has 26 heavy (non-hydrogen) atoms. The number of hydrogen-bond acceptors (Lipinski definition) is 5. The van der Waals surface area contributed by atoms with E-state index < -0.39 is 10.8 Å². The molecule has 1 aliphatic heterocycles. The Hall–Kier alpha value is -2.25. The number of carbonyl (C=O) groups is 1. The zero-order valence-corrected chi connectivity index (χ0v) is 16.0. The van der Waals surface area contributed by atoms with Crippen LogP contribution in [-0.4, -0.2) is 30.3 Å². The Morgan fingerprint density at radius 1 is 1.23 bits per heavy atom. The average Bonchev–Trinajstić information content (AvgIpc) is 3.26. The molecule has 0 amide bonds. The Labute approximate surface area is 158 Å². The maximum Gasteiger partial charge on any atom is 0.198 e. The number of fused-ring (bicyclic) bond motifs is 1. The normalized spacial score (nSPS) is 15.7. The first-order valence-corrected chi connectivity index (χ1v) is 10.6. The molecule has 3 heterocycles. The minimum atomic E-state index is -1.04. The molecule has 1 aliphatic rings. The maximum absolute atomic E-state index is 11.6. The minimum absolute atomic E-state index is 0.111. The quantitative estimate of drug-likeness (QED) is 0.691. The third-order valence-corrected chi connectivity index (χ3v) is 6.37. The Kier molecular flexibility index (Phi) is 4.50. The number of aromatic nitrogens is 3. The molecular weight excluding hydrogens is 366 g/mol. The van der Waals surface area contributed by atoms with Crippen molar-refractivity contribution in [1.82, 2.24) is 14.8 Å². The van der Waals surface area contributed by atoms with Crippen LogP contribution in [0.1, 0.15) is 29.7 Å². The summed E-state index contributed by atoms with van der Waals surface area (Å²) in [5, 5.41) is 4.85. The Morgan fingerprint density at radius 3 is 2.81 bits per heavy atom. The fraction of sp³-hybridized carbons (Fsp3) is 0.211. The van der Waals surface area contributed by atoms with Crippen molar-refractivity contribution in [2.45, 2.75) is 29.1 Å². The van der Waals surface area contributed by atoms with Crippen LogP contribution in [0.5, 0.6) is 0 Å². The highest BCUT2D eigenvalue weighted by atomic mass is 32.2. The highest BCUT2D eigenvalue weighted by Crippen LogP contribution is 2.35. The van der Waals surface area contributed by atoms with Crippen LogP contribution in [0, 0.1) is 0 Å². The van der Waals surface area contributed by atoms with E-state index in [0.717, 1.165) is 21.7 Å². The predicted molar refractivity (Wildman–Crippen MR) is 102 cm³/mol. The molecule has 0 radical (unpaired) electrons. The van der Waals surface area contributed by atoms with Gasteiger partial charge in [-0.3, -0.25) is 9.00 Å². The molecule has 4 rings (SSSR count). The largest absolute Gasteiger partial charge is 0.286 e. The second-order valence-corrected chi connectivity index (χ2v) is 8.71. The molecule has 0 spiro atoms. The van der Waals surface area contributed by atoms with Crippen LogP contribution in [0.2, 0.25) is 0 Å². The van der Waals surface area contributed by atoms with Crippen molar-refractivity contribution in [3.8, 4) is 5.82 Å². The van der Waals surface area contributed by atoms with E-state index in [1.165, 1.54) is 11.8 Å². The molecule has 5 nitrogen and oxygen atoms in total. The molecule has 7 heteroatoms. The standard InChI is InChI=1S/C19H17N3O2S2/c1-12(13-3-4-14-10-19(23)25-17(14)9-13)16-7-8-22(21-16)18-6-5-15(11-20-18)26(2)24/h3-9,11-12H,10H2,1-2H3. The first-order valence-electron chi connectivity index (χ1n) is 8.20. The van der Waals surface area contributed by atoms with E-state index in [1.807, 2.05) is 24.4 Å². The van der Waals surface area contributed by atoms with Crippen molar-refractivity contribution in [2.24, 2.45) is 0 Å². The van der Waals surface area contributed by atoms with Crippen LogP contribution in [0.15, 0.2) is 58.6 Å². The predicted octanol–water partition coefficient (Wildman–Crippen LogP) is 3.33. The van der Waals surface area contributed by atoms with Gasteiger partial charge in [-0.2, -0.15) is 5.10 Å². The van der Waals surface area contributed by atoms with E-state index in [2.05, 4.69) is 29.1 Å². The van der Waals surface area contributed by atoms with Crippen molar-refractivity contribution in [3.05, 3.63) is 65.6 Å². The molecule has 0 fully saturated rings. The average molecular weight is 383 g/mol. The molecule has 2 atom stereocenters. The summed E-state index contributed by atoms with van der Waals surface area (Å²) in [6, 6.07) is 11.8. The number of nitrogens with zero attached hydrogens (tertiary/aromatic N) is 3. The summed E-state index contributed by atoms with van der Waals surface area (Å²) in [5.41, 5.74) is 3.18.